The highest BCUT2D eigenvalue weighted by Crippen LogP contribution is 2.32. The molecule has 3 aromatic rings. The lowest BCUT2D eigenvalue weighted by Gasteiger charge is -2.24. The summed E-state index contributed by atoms with van der Waals surface area (Å²) in [7, 11) is 1.92. The van der Waals surface area contributed by atoms with Gasteiger partial charge in [0.15, 0.2) is 0 Å². The first-order chi connectivity index (χ1) is 11.6. The Hall–Kier alpha value is -2.56. The fourth-order valence-corrected chi connectivity index (χ4v) is 3.73. The molecule has 3 heterocycles. The average Bonchev–Trinajstić information content (AvgIpc) is 3.26. The highest BCUT2D eigenvalue weighted by atomic mass is 16.2. The number of nitrogens with one attached hydrogen (secondary N) is 1. The molecule has 0 saturated carbocycles. The zero-order valence-corrected chi connectivity index (χ0v) is 14.1. The first kappa shape index (κ1) is 15.0. The molecule has 1 atom stereocenters. The minimum Gasteiger partial charge on any atom is -0.361 e. The molecule has 5 heteroatoms. The summed E-state index contributed by atoms with van der Waals surface area (Å²) in [6, 6.07) is 6.49. The van der Waals surface area contributed by atoms with Crippen molar-refractivity contribution < 1.29 is 4.79 Å². The van der Waals surface area contributed by atoms with Gasteiger partial charge < -0.3 is 9.88 Å². The number of fused-ring (bicyclic) bond motifs is 1. The van der Waals surface area contributed by atoms with Crippen LogP contribution >= 0.6 is 0 Å². The molecule has 4 rings (SSSR count). The molecule has 1 fully saturated rings. The second-order valence-corrected chi connectivity index (χ2v) is 6.73. The van der Waals surface area contributed by atoms with Gasteiger partial charge in [-0.2, -0.15) is 5.10 Å². The minimum atomic E-state index is 0.165. The van der Waals surface area contributed by atoms with Crippen LogP contribution in [0.2, 0.25) is 0 Å². The van der Waals surface area contributed by atoms with Gasteiger partial charge in [-0.05, 0) is 37.0 Å². The number of likely N-dealkylation sites (tertiary alicyclic amines) is 1. The highest BCUT2D eigenvalue weighted by Gasteiger charge is 2.30. The average molecular weight is 322 g/mol. The van der Waals surface area contributed by atoms with E-state index in [2.05, 4.69) is 35.2 Å². The molecule has 0 bridgehead atoms. The monoisotopic (exact) mass is 322 g/mol. The maximum absolute atomic E-state index is 12.9. The Morgan fingerprint density at radius 1 is 1.42 bits per heavy atom. The van der Waals surface area contributed by atoms with Gasteiger partial charge in [-0.15, -0.1) is 0 Å². The molecule has 1 aliphatic heterocycles. The molecule has 1 amide bonds. The minimum absolute atomic E-state index is 0.165. The van der Waals surface area contributed by atoms with Crippen LogP contribution in [0.4, 0.5) is 0 Å². The van der Waals surface area contributed by atoms with Crippen molar-refractivity contribution in [1.29, 1.82) is 0 Å². The van der Waals surface area contributed by atoms with Gasteiger partial charge in [0.05, 0.1) is 18.7 Å². The number of hydrogen-bond donors (Lipinski definition) is 1. The maximum atomic E-state index is 12.9. The smallest absolute Gasteiger partial charge is 0.227 e. The summed E-state index contributed by atoms with van der Waals surface area (Å²) >= 11 is 0. The van der Waals surface area contributed by atoms with E-state index in [0.29, 0.717) is 6.42 Å². The van der Waals surface area contributed by atoms with Crippen LogP contribution in [0.3, 0.4) is 0 Å². The van der Waals surface area contributed by atoms with Crippen LogP contribution in [0.25, 0.3) is 10.9 Å². The van der Waals surface area contributed by atoms with Crippen LogP contribution in [-0.4, -0.2) is 32.1 Å². The van der Waals surface area contributed by atoms with Crippen molar-refractivity contribution in [3.63, 3.8) is 0 Å². The number of carbonyl (C=O) groups excluding carboxylic acids is 1. The number of rotatable bonds is 3. The number of benzene rings is 1. The molecule has 1 aliphatic rings. The molecule has 2 aromatic heterocycles. The van der Waals surface area contributed by atoms with Crippen LogP contribution in [-0.2, 0) is 18.3 Å². The third-order valence-corrected chi connectivity index (χ3v) is 4.95. The van der Waals surface area contributed by atoms with E-state index in [1.165, 1.54) is 5.56 Å². The molecule has 0 spiro atoms. The lowest BCUT2D eigenvalue weighted by molar-refractivity contribution is -0.131. The Kier molecular flexibility index (Phi) is 3.63. The van der Waals surface area contributed by atoms with Crippen LogP contribution < -0.4 is 0 Å². The van der Waals surface area contributed by atoms with E-state index in [-0.39, 0.29) is 11.9 Å². The topological polar surface area (TPSA) is 53.9 Å². The lowest BCUT2D eigenvalue weighted by atomic mass is 10.1. The van der Waals surface area contributed by atoms with Crippen molar-refractivity contribution in [2.75, 3.05) is 6.54 Å². The molecule has 0 aliphatic carbocycles. The third-order valence-electron chi connectivity index (χ3n) is 4.95. The van der Waals surface area contributed by atoms with E-state index >= 15 is 0 Å². The quantitative estimate of drug-likeness (QED) is 0.805. The molecular formula is C19H22N4O. The second kappa shape index (κ2) is 5.82. The van der Waals surface area contributed by atoms with Crippen molar-refractivity contribution in [1.82, 2.24) is 19.7 Å². The summed E-state index contributed by atoms with van der Waals surface area (Å²) in [6.07, 6.45) is 8.38. The van der Waals surface area contributed by atoms with Gasteiger partial charge in [-0.3, -0.25) is 9.48 Å². The predicted octanol–water partition coefficient (Wildman–Crippen LogP) is 3.12. The Bertz CT molecular complexity index is 892. The fourth-order valence-electron chi connectivity index (χ4n) is 3.73. The fraction of sp³-hybridized carbons (Fsp3) is 0.368. The maximum Gasteiger partial charge on any atom is 0.227 e. The predicted molar refractivity (Wildman–Crippen MR) is 93.6 cm³/mol. The Balaban J connectivity index is 1.56. The summed E-state index contributed by atoms with van der Waals surface area (Å²) < 4.78 is 1.80. The summed E-state index contributed by atoms with van der Waals surface area (Å²) in [6.45, 7) is 2.91. The molecule has 5 nitrogen and oxygen atoms in total. The first-order valence-electron chi connectivity index (χ1n) is 8.46. The van der Waals surface area contributed by atoms with E-state index in [1.54, 1.807) is 4.68 Å². The van der Waals surface area contributed by atoms with Crippen LogP contribution in [0.1, 0.15) is 35.6 Å². The second-order valence-electron chi connectivity index (χ2n) is 6.73. The number of hydrogen-bond acceptors (Lipinski definition) is 2. The van der Waals surface area contributed by atoms with Gasteiger partial charge in [0.2, 0.25) is 5.91 Å². The summed E-state index contributed by atoms with van der Waals surface area (Å²) in [4.78, 5) is 18.2. The number of aryl methyl sites for hydroxylation is 2. The van der Waals surface area contributed by atoms with Gasteiger partial charge in [0, 0.05) is 42.5 Å². The van der Waals surface area contributed by atoms with Gasteiger partial charge in [0.25, 0.3) is 0 Å². The zero-order chi connectivity index (χ0) is 16.7. The van der Waals surface area contributed by atoms with Crippen molar-refractivity contribution in [3.8, 4) is 0 Å². The van der Waals surface area contributed by atoms with Crippen LogP contribution in [0.15, 0.2) is 36.8 Å². The summed E-state index contributed by atoms with van der Waals surface area (Å²) in [5.74, 6) is 0.197. The lowest BCUT2D eigenvalue weighted by Crippen LogP contribution is -2.31. The van der Waals surface area contributed by atoms with Crippen molar-refractivity contribution in [2.24, 2.45) is 7.05 Å². The Morgan fingerprint density at radius 2 is 2.29 bits per heavy atom. The molecule has 24 heavy (non-hydrogen) atoms. The van der Waals surface area contributed by atoms with Crippen molar-refractivity contribution in [2.45, 2.75) is 32.2 Å². The number of amides is 1. The molecule has 124 valence electrons. The van der Waals surface area contributed by atoms with Gasteiger partial charge in [0.1, 0.15) is 0 Å². The standard InChI is InChI=1S/C19H22N4O/c1-13-5-6-16-14(10-20-17(16)8-13)9-19(24)23-7-3-4-18(23)15-11-21-22(2)12-15/h5-6,8,10-12,18,20H,3-4,7,9H2,1-2H3. The largest absolute Gasteiger partial charge is 0.361 e. The normalized spacial score (nSPS) is 17.8. The SMILES string of the molecule is Cc1ccc2c(CC(=O)N3CCCC3c3cnn(C)c3)c[nH]c2c1. The summed E-state index contributed by atoms with van der Waals surface area (Å²) in [5.41, 5.74) is 4.53. The van der Waals surface area contributed by atoms with Crippen LogP contribution in [0.5, 0.6) is 0 Å². The first-order valence-corrected chi connectivity index (χ1v) is 8.46. The number of carbonyl (C=O) groups is 1. The Labute approximate surface area is 141 Å². The van der Waals surface area contributed by atoms with Crippen molar-refractivity contribution in [3.05, 3.63) is 53.5 Å². The van der Waals surface area contributed by atoms with Crippen LogP contribution in [0, 0.1) is 6.92 Å². The molecular weight excluding hydrogens is 300 g/mol. The molecule has 1 unspecified atom stereocenters. The third kappa shape index (κ3) is 2.60. The van der Waals surface area contributed by atoms with Gasteiger partial charge in [-0.1, -0.05) is 12.1 Å². The Morgan fingerprint density at radius 3 is 3.08 bits per heavy atom. The van der Waals surface area contributed by atoms with E-state index in [9.17, 15) is 4.79 Å². The molecule has 1 aromatic carbocycles. The van der Waals surface area contributed by atoms with Gasteiger partial charge >= 0.3 is 0 Å². The van der Waals surface area contributed by atoms with E-state index < -0.39 is 0 Å². The highest BCUT2D eigenvalue weighted by molar-refractivity contribution is 5.89. The van der Waals surface area contributed by atoms with Crippen molar-refractivity contribution >= 4 is 16.8 Å². The number of H-pyrrole nitrogens is 1. The van der Waals surface area contributed by atoms with E-state index in [4.69, 9.17) is 0 Å². The van der Waals surface area contributed by atoms with E-state index in [0.717, 1.165) is 41.4 Å². The molecule has 1 N–H and O–H groups in total. The molecule has 0 radical (unpaired) electrons. The number of nitrogens with zero attached hydrogens (tertiary/aromatic N) is 3. The van der Waals surface area contributed by atoms with E-state index in [1.807, 2.05) is 30.5 Å². The number of aromatic nitrogens is 3. The number of aromatic amines is 1. The summed E-state index contributed by atoms with van der Waals surface area (Å²) in [5, 5.41) is 5.40. The zero-order valence-electron chi connectivity index (χ0n) is 14.1. The van der Waals surface area contributed by atoms with Gasteiger partial charge in [-0.25, -0.2) is 0 Å². The molecule has 1 saturated heterocycles.